The molecule has 0 rings (SSSR count). The third kappa shape index (κ3) is 6.92. The molecule has 5 nitrogen and oxygen atoms in total. The lowest BCUT2D eigenvalue weighted by Gasteiger charge is -2.23. The molecule has 0 saturated heterocycles. The number of carbonyl (C=O) groups is 1. The molecule has 0 aliphatic heterocycles. The monoisotopic (exact) mass is 292 g/mol. The van der Waals surface area contributed by atoms with Crippen molar-refractivity contribution in [2.24, 2.45) is 17.6 Å². The van der Waals surface area contributed by atoms with Crippen molar-refractivity contribution in [2.75, 3.05) is 19.3 Å². The van der Waals surface area contributed by atoms with Gasteiger partial charge in [0, 0.05) is 19.2 Å². The molecule has 3 N–H and O–H groups in total. The van der Waals surface area contributed by atoms with Crippen LogP contribution in [0.15, 0.2) is 0 Å². The Morgan fingerprint density at radius 2 is 1.84 bits per heavy atom. The Bertz CT molecular complexity index is 389. The SMILES string of the molecule is CC(C)C[C@H](CN)CC(=O)NCC(C)(C)S(C)(=O)=O. The summed E-state index contributed by atoms with van der Waals surface area (Å²) in [6.07, 6.45) is 2.44. The molecule has 0 bridgehead atoms. The van der Waals surface area contributed by atoms with E-state index in [0.29, 0.717) is 18.9 Å². The molecular formula is C13H28N2O3S. The highest BCUT2D eigenvalue weighted by molar-refractivity contribution is 7.92. The van der Waals surface area contributed by atoms with Crippen LogP contribution in [0.1, 0.15) is 40.5 Å². The molecule has 1 amide bonds. The van der Waals surface area contributed by atoms with E-state index in [2.05, 4.69) is 19.2 Å². The summed E-state index contributed by atoms with van der Waals surface area (Å²) in [6.45, 7) is 8.00. The molecule has 19 heavy (non-hydrogen) atoms. The maximum absolute atomic E-state index is 11.8. The average Bonchev–Trinajstić information content (AvgIpc) is 2.23. The minimum absolute atomic E-state index is 0.129. The first-order chi connectivity index (χ1) is 8.49. The molecule has 0 fully saturated rings. The third-order valence-corrected chi connectivity index (χ3v) is 5.48. The molecule has 0 aromatic heterocycles. The number of rotatable bonds is 8. The van der Waals surface area contributed by atoms with E-state index < -0.39 is 14.6 Å². The van der Waals surface area contributed by atoms with Gasteiger partial charge in [-0.2, -0.15) is 0 Å². The summed E-state index contributed by atoms with van der Waals surface area (Å²) in [6, 6.07) is 0. The zero-order valence-corrected chi connectivity index (χ0v) is 13.5. The van der Waals surface area contributed by atoms with Gasteiger partial charge in [-0.25, -0.2) is 8.42 Å². The van der Waals surface area contributed by atoms with Crippen molar-refractivity contribution in [3.63, 3.8) is 0 Å². The van der Waals surface area contributed by atoms with Gasteiger partial charge in [-0.3, -0.25) is 4.79 Å². The Kier molecular flexibility index (Phi) is 7.00. The first kappa shape index (κ1) is 18.4. The summed E-state index contributed by atoms with van der Waals surface area (Å²) < 4.78 is 22.1. The molecule has 0 aromatic carbocycles. The zero-order chi connectivity index (χ0) is 15.3. The fourth-order valence-electron chi connectivity index (χ4n) is 1.71. The topological polar surface area (TPSA) is 89.3 Å². The molecule has 0 aliphatic carbocycles. The second-order valence-electron chi connectivity index (χ2n) is 6.24. The van der Waals surface area contributed by atoms with Crippen LogP contribution in [0, 0.1) is 11.8 Å². The van der Waals surface area contributed by atoms with Crippen LogP contribution in [-0.2, 0) is 14.6 Å². The Morgan fingerprint density at radius 3 is 2.21 bits per heavy atom. The predicted molar refractivity (Wildman–Crippen MR) is 78.5 cm³/mol. The fourth-order valence-corrected chi connectivity index (χ4v) is 2.04. The number of hydrogen-bond acceptors (Lipinski definition) is 4. The van der Waals surface area contributed by atoms with Crippen LogP contribution >= 0.6 is 0 Å². The predicted octanol–water partition coefficient (Wildman–Crippen LogP) is 0.937. The van der Waals surface area contributed by atoms with Gasteiger partial charge in [0.2, 0.25) is 5.91 Å². The quantitative estimate of drug-likeness (QED) is 0.696. The Morgan fingerprint density at radius 1 is 1.32 bits per heavy atom. The molecule has 0 heterocycles. The van der Waals surface area contributed by atoms with Crippen molar-refractivity contribution >= 4 is 15.7 Å². The van der Waals surface area contributed by atoms with E-state index in [4.69, 9.17) is 5.73 Å². The van der Waals surface area contributed by atoms with Gasteiger partial charge < -0.3 is 11.1 Å². The van der Waals surface area contributed by atoms with Gasteiger partial charge in [0.15, 0.2) is 9.84 Å². The van der Waals surface area contributed by atoms with Crippen LogP contribution in [0.3, 0.4) is 0 Å². The average molecular weight is 292 g/mol. The van der Waals surface area contributed by atoms with Crippen molar-refractivity contribution in [3.05, 3.63) is 0 Å². The van der Waals surface area contributed by atoms with Crippen molar-refractivity contribution in [3.8, 4) is 0 Å². The van der Waals surface area contributed by atoms with Gasteiger partial charge in [-0.05, 0) is 38.6 Å². The van der Waals surface area contributed by atoms with Crippen molar-refractivity contribution in [1.29, 1.82) is 0 Å². The molecule has 0 spiro atoms. The summed E-state index contributed by atoms with van der Waals surface area (Å²) in [5.41, 5.74) is 5.64. The van der Waals surface area contributed by atoms with E-state index in [1.807, 2.05) is 0 Å². The lowest BCUT2D eigenvalue weighted by atomic mass is 9.94. The summed E-state index contributed by atoms with van der Waals surface area (Å²) in [5.74, 6) is 0.517. The highest BCUT2D eigenvalue weighted by Gasteiger charge is 2.30. The van der Waals surface area contributed by atoms with E-state index in [9.17, 15) is 13.2 Å². The van der Waals surface area contributed by atoms with E-state index in [-0.39, 0.29) is 18.4 Å². The van der Waals surface area contributed by atoms with Gasteiger partial charge in [0.25, 0.3) is 0 Å². The van der Waals surface area contributed by atoms with Crippen LogP contribution in [0.2, 0.25) is 0 Å². The van der Waals surface area contributed by atoms with Gasteiger partial charge in [-0.1, -0.05) is 13.8 Å². The molecule has 6 heteroatoms. The number of nitrogens with one attached hydrogen (secondary N) is 1. The first-order valence-electron chi connectivity index (χ1n) is 6.66. The lowest BCUT2D eigenvalue weighted by Crippen LogP contribution is -2.44. The number of hydrogen-bond donors (Lipinski definition) is 2. The number of nitrogens with two attached hydrogens (primary N) is 1. The first-order valence-corrected chi connectivity index (χ1v) is 8.55. The van der Waals surface area contributed by atoms with E-state index in [1.165, 1.54) is 6.26 Å². The molecule has 0 unspecified atom stereocenters. The molecule has 114 valence electrons. The normalized spacial score (nSPS) is 14.5. The third-order valence-electron chi connectivity index (χ3n) is 3.33. The second kappa shape index (κ2) is 7.24. The highest BCUT2D eigenvalue weighted by Crippen LogP contribution is 2.16. The zero-order valence-electron chi connectivity index (χ0n) is 12.7. The minimum atomic E-state index is -3.19. The number of amides is 1. The van der Waals surface area contributed by atoms with E-state index >= 15 is 0 Å². The molecular weight excluding hydrogens is 264 g/mol. The van der Waals surface area contributed by atoms with Gasteiger partial charge in [-0.15, -0.1) is 0 Å². The Balaban J connectivity index is 4.33. The van der Waals surface area contributed by atoms with Gasteiger partial charge in [0.05, 0.1) is 4.75 Å². The Labute approximate surface area is 117 Å². The molecule has 1 atom stereocenters. The van der Waals surface area contributed by atoms with Crippen molar-refractivity contribution < 1.29 is 13.2 Å². The van der Waals surface area contributed by atoms with Gasteiger partial charge >= 0.3 is 0 Å². The lowest BCUT2D eigenvalue weighted by molar-refractivity contribution is -0.122. The maximum Gasteiger partial charge on any atom is 0.220 e. The highest BCUT2D eigenvalue weighted by atomic mass is 32.2. The standard InChI is InChI=1S/C13H28N2O3S/c1-10(2)6-11(8-14)7-12(16)15-9-13(3,4)19(5,17)18/h10-11H,6-9,14H2,1-5H3,(H,15,16)/t11-/m0/s1. The summed E-state index contributed by atoms with van der Waals surface area (Å²) in [5, 5.41) is 2.69. The van der Waals surface area contributed by atoms with E-state index in [0.717, 1.165) is 6.42 Å². The molecule has 0 radical (unpaired) electrons. The molecule has 0 saturated carbocycles. The van der Waals surface area contributed by atoms with Crippen LogP contribution in [0.4, 0.5) is 0 Å². The van der Waals surface area contributed by atoms with Crippen LogP contribution in [0.25, 0.3) is 0 Å². The molecule has 0 aliphatic rings. The van der Waals surface area contributed by atoms with Crippen molar-refractivity contribution in [2.45, 2.75) is 45.3 Å². The van der Waals surface area contributed by atoms with Crippen LogP contribution in [0.5, 0.6) is 0 Å². The minimum Gasteiger partial charge on any atom is -0.355 e. The number of sulfone groups is 1. The largest absolute Gasteiger partial charge is 0.355 e. The summed E-state index contributed by atoms with van der Waals surface area (Å²) in [4.78, 5) is 11.8. The Hall–Kier alpha value is -0.620. The molecule has 0 aromatic rings. The fraction of sp³-hybridized carbons (Fsp3) is 0.923. The summed E-state index contributed by atoms with van der Waals surface area (Å²) >= 11 is 0. The van der Waals surface area contributed by atoms with Crippen LogP contribution in [-0.4, -0.2) is 38.4 Å². The second-order valence-corrected chi connectivity index (χ2v) is 8.89. The van der Waals surface area contributed by atoms with Crippen molar-refractivity contribution in [1.82, 2.24) is 5.32 Å². The number of carbonyl (C=O) groups excluding carboxylic acids is 1. The van der Waals surface area contributed by atoms with Gasteiger partial charge in [0.1, 0.15) is 0 Å². The maximum atomic E-state index is 11.8. The van der Waals surface area contributed by atoms with Crippen LogP contribution < -0.4 is 11.1 Å². The smallest absolute Gasteiger partial charge is 0.220 e. The van der Waals surface area contributed by atoms with E-state index in [1.54, 1.807) is 13.8 Å². The summed E-state index contributed by atoms with van der Waals surface area (Å²) in [7, 11) is -3.19.